The number of hydrogen-bond donors (Lipinski definition) is 1. The minimum atomic E-state index is -0.450. The highest BCUT2D eigenvalue weighted by atomic mass is 16.5. The van der Waals surface area contributed by atoms with Crippen LogP contribution in [0, 0.1) is 22.7 Å². The van der Waals surface area contributed by atoms with Crippen LogP contribution in [0.4, 0.5) is 0 Å². The second kappa shape index (κ2) is 6.02. The van der Waals surface area contributed by atoms with Crippen molar-refractivity contribution in [2.75, 3.05) is 0 Å². The van der Waals surface area contributed by atoms with Crippen LogP contribution in [0.5, 0.6) is 11.5 Å². The Morgan fingerprint density at radius 3 is 2.50 bits per heavy atom. The predicted molar refractivity (Wildman–Crippen MR) is 112 cm³/mol. The molecule has 0 aromatic heterocycles. The minimum absolute atomic E-state index is 0.00629. The lowest BCUT2D eigenvalue weighted by atomic mass is 9.44. The summed E-state index contributed by atoms with van der Waals surface area (Å²) in [6, 6.07) is 1.61. The van der Waals surface area contributed by atoms with Crippen molar-refractivity contribution in [2.45, 2.75) is 84.8 Å². The van der Waals surface area contributed by atoms with Crippen LogP contribution < -0.4 is 4.74 Å². The fraction of sp³-hybridized carbons (Fsp3) is 0.680. The average Bonchev–Trinajstić information content (AvgIpc) is 2.63. The molecular formula is C25H32O5. The Morgan fingerprint density at radius 1 is 1.03 bits per heavy atom. The lowest BCUT2D eigenvalue weighted by Crippen LogP contribution is -2.63. The molecule has 2 aliphatic carbocycles. The van der Waals surface area contributed by atoms with Crippen molar-refractivity contribution in [1.29, 1.82) is 0 Å². The Hall–Kier alpha value is -2.04. The first-order valence-electron chi connectivity index (χ1n) is 11.3. The highest BCUT2D eigenvalue weighted by Gasteiger charge is 2.62. The standard InChI is InChI=1S/C25H32O5/c1-13-10-15-14-11-19-24(4)8-7-20(27)23(2,3)18(24)6-9-25(19,5)30-17(14)12-16(26)21(15)22(28)29-13/h12-13,18-19,26H,6-11H2,1-5H3/t13-,18-,19+,24-,25-/m0/s1. The molecule has 0 saturated heterocycles. The Labute approximate surface area is 178 Å². The van der Waals surface area contributed by atoms with Crippen molar-refractivity contribution in [2.24, 2.45) is 22.7 Å². The summed E-state index contributed by atoms with van der Waals surface area (Å²) in [5, 5.41) is 10.6. The zero-order chi connectivity index (χ0) is 21.6. The van der Waals surface area contributed by atoms with Gasteiger partial charge in [-0.15, -0.1) is 0 Å². The third-order valence-corrected chi connectivity index (χ3v) is 8.98. The summed E-state index contributed by atoms with van der Waals surface area (Å²) >= 11 is 0. The summed E-state index contributed by atoms with van der Waals surface area (Å²) in [7, 11) is 0. The molecule has 5 heteroatoms. The van der Waals surface area contributed by atoms with E-state index in [4.69, 9.17) is 9.47 Å². The van der Waals surface area contributed by atoms with Gasteiger partial charge in [-0.2, -0.15) is 0 Å². The van der Waals surface area contributed by atoms with Gasteiger partial charge in [0.05, 0.1) is 0 Å². The molecule has 5 atom stereocenters. The van der Waals surface area contributed by atoms with Gasteiger partial charge in [-0.1, -0.05) is 20.8 Å². The molecule has 1 aromatic rings. The Morgan fingerprint density at radius 2 is 1.77 bits per heavy atom. The third kappa shape index (κ3) is 2.47. The smallest absolute Gasteiger partial charge is 0.342 e. The zero-order valence-electron chi connectivity index (χ0n) is 18.6. The monoisotopic (exact) mass is 412 g/mol. The quantitative estimate of drug-likeness (QED) is 0.630. The van der Waals surface area contributed by atoms with Crippen LogP contribution in [-0.2, 0) is 22.4 Å². The number of carbonyl (C=O) groups is 2. The van der Waals surface area contributed by atoms with E-state index < -0.39 is 5.97 Å². The molecular weight excluding hydrogens is 380 g/mol. The number of Topliss-reactive ketones (excluding diaryl/α,β-unsaturated/α-hetero) is 1. The van der Waals surface area contributed by atoms with Crippen LogP contribution in [0.1, 0.15) is 81.8 Å². The van der Waals surface area contributed by atoms with Crippen LogP contribution in [0.15, 0.2) is 6.07 Å². The van der Waals surface area contributed by atoms with Gasteiger partial charge in [-0.3, -0.25) is 4.79 Å². The van der Waals surface area contributed by atoms with Crippen LogP contribution >= 0.6 is 0 Å². The van der Waals surface area contributed by atoms with E-state index in [1.54, 1.807) is 6.07 Å². The fourth-order valence-corrected chi connectivity index (χ4v) is 7.41. The van der Waals surface area contributed by atoms with Crippen LogP contribution in [0.3, 0.4) is 0 Å². The van der Waals surface area contributed by atoms with Crippen molar-refractivity contribution in [1.82, 2.24) is 0 Å². The predicted octanol–water partition coefficient (Wildman–Crippen LogP) is 4.61. The highest BCUT2D eigenvalue weighted by Crippen LogP contribution is 2.64. The van der Waals surface area contributed by atoms with Gasteiger partial charge >= 0.3 is 5.97 Å². The molecule has 1 aromatic carbocycles. The summed E-state index contributed by atoms with van der Waals surface area (Å²) in [6.07, 6.45) is 4.56. The zero-order valence-corrected chi connectivity index (χ0v) is 18.6. The van der Waals surface area contributed by atoms with Gasteiger partial charge in [-0.25, -0.2) is 4.79 Å². The first-order valence-corrected chi connectivity index (χ1v) is 11.3. The van der Waals surface area contributed by atoms with E-state index in [0.29, 0.717) is 35.9 Å². The topological polar surface area (TPSA) is 72.8 Å². The Kier molecular flexibility index (Phi) is 3.99. The van der Waals surface area contributed by atoms with Crippen molar-refractivity contribution in [3.8, 4) is 11.5 Å². The van der Waals surface area contributed by atoms with Crippen molar-refractivity contribution in [3.63, 3.8) is 0 Å². The number of ketones is 1. The number of fused-ring (bicyclic) bond motifs is 6. The molecule has 0 bridgehead atoms. The van der Waals surface area contributed by atoms with E-state index in [-0.39, 0.29) is 34.2 Å². The van der Waals surface area contributed by atoms with Crippen LogP contribution in [0.25, 0.3) is 0 Å². The fourth-order valence-electron chi connectivity index (χ4n) is 7.41. The SMILES string of the molecule is C[C@H]1Cc2c3c(cc(O)c2C(=O)O1)O[C@@]1(C)CC[C@H]2C(C)(C)C(=O)CC[C@]2(C)[C@H]1C3. The second-order valence-corrected chi connectivity index (χ2v) is 11.1. The van der Waals surface area contributed by atoms with Gasteiger partial charge in [0, 0.05) is 30.2 Å². The van der Waals surface area contributed by atoms with Gasteiger partial charge < -0.3 is 14.6 Å². The van der Waals surface area contributed by atoms with E-state index in [0.717, 1.165) is 36.8 Å². The molecule has 0 unspecified atom stereocenters. The van der Waals surface area contributed by atoms with E-state index in [1.807, 2.05) is 6.92 Å². The van der Waals surface area contributed by atoms with Gasteiger partial charge in [0.15, 0.2) is 0 Å². The van der Waals surface area contributed by atoms with Crippen molar-refractivity contribution in [3.05, 3.63) is 22.8 Å². The van der Waals surface area contributed by atoms with Gasteiger partial charge in [0.1, 0.15) is 34.6 Å². The first kappa shape index (κ1) is 19.9. The normalized spacial score (nSPS) is 39.0. The Balaban J connectivity index is 1.64. The number of phenols is 1. The van der Waals surface area contributed by atoms with Crippen LogP contribution in [0.2, 0.25) is 0 Å². The third-order valence-electron chi connectivity index (χ3n) is 8.98. The van der Waals surface area contributed by atoms with E-state index >= 15 is 0 Å². The maximum Gasteiger partial charge on any atom is 0.342 e. The molecule has 162 valence electrons. The van der Waals surface area contributed by atoms with E-state index in [2.05, 4.69) is 27.7 Å². The number of rotatable bonds is 0. The number of esters is 1. The molecule has 5 nitrogen and oxygen atoms in total. The molecule has 0 amide bonds. The second-order valence-electron chi connectivity index (χ2n) is 11.1. The lowest BCUT2D eigenvalue weighted by molar-refractivity contribution is -0.173. The molecule has 5 rings (SSSR count). The van der Waals surface area contributed by atoms with Gasteiger partial charge in [-0.05, 0) is 62.0 Å². The maximum absolute atomic E-state index is 12.7. The number of aromatic hydroxyl groups is 1. The largest absolute Gasteiger partial charge is 0.507 e. The van der Waals surface area contributed by atoms with Crippen molar-refractivity contribution < 1.29 is 24.2 Å². The maximum atomic E-state index is 12.7. The van der Waals surface area contributed by atoms with Gasteiger partial charge in [0.25, 0.3) is 0 Å². The van der Waals surface area contributed by atoms with Crippen molar-refractivity contribution >= 4 is 11.8 Å². The Bertz CT molecular complexity index is 963. The highest BCUT2D eigenvalue weighted by molar-refractivity contribution is 5.96. The number of hydrogen-bond acceptors (Lipinski definition) is 5. The summed E-state index contributed by atoms with van der Waals surface area (Å²) in [5.41, 5.74) is 1.57. The molecule has 2 saturated carbocycles. The molecule has 2 aliphatic heterocycles. The minimum Gasteiger partial charge on any atom is -0.507 e. The number of cyclic esters (lactones) is 1. The summed E-state index contributed by atoms with van der Waals surface area (Å²) < 4.78 is 12.0. The molecule has 0 radical (unpaired) electrons. The van der Waals surface area contributed by atoms with Crippen LogP contribution in [-0.4, -0.2) is 28.6 Å². The van der Waals surface area contributed by atoms with E-state index in [9.17, 15) is 14.7 Å². The number of carbonyl (C=O) groups excluding carboxylic acids is 2. The lowest BCUT2D eigenvalue weighted by Gasteiger charge is -2.62. The number of ether oxygens (including phenoxy) is 2. The summed E-state index contributed by atoms with van der Waals surface area (Å²) in [4.78, 5) is 25.2. The molecule has 1 N–H and O–H groups in total. The molecule has 4 aliphatic rings. The molecule has 0 spiro atoms. The average molecular weight is 413 g/mol. The number of benzene rings is 1. The molecule has 2 fully saturated rings. The van der Waals surface area contributed by atoms with E-state index in [1.165, 1.54) is 0 Å². The summed E-state index contributed by atoms with van der Waals surface area (Å²) in [6.45, 7) is 10.7. The molecule has 2 heterocycles. The molecule has 30 heavy (non-hydrogen) atoms. The van der Waals surface area contributed by atoms with Gasteiger partial charge in [0.2, 0.25) is 0 Å². The summed E-state index contributed by atoms with van der Waals surface area (Å²) in [5.74, 6) is 1.17. The number of phenolic OH excluding ortho intramolecular Hbond substituents is 1. The first-order chi connectivity index (χ1) is 14.0.